The Labute approximate surface area is 141 Å². The Kier molecular flexibility index (Phi) is 5.00. The van der Waals surface area contributed by atoms with E-state index in [0.717, 1.165) is 24.7 Å². The molecule has 3 nitrogen and oxygen atoms in total. The van der Waals surface area contributed by atoms with E-state index in [4.69, 9.17) is 10.5 Å². The molecule has 0 spiro atoms. The summed E-state index contributed by atoms with van der Waals surface area (Å²) in [4.78, 5) is 1.86. The van der Waals surface area contributed by atoms with Gasteiger partial charge in [-0.05, 0) is 48.6 Å². The fourth-order valence-electron chi connectivity index (χ4n) is 3.41. The zero-order valence-corrected chi connectivity index (χ0v) is 13.7. The number of piperidine rings is 1. The van der Waals surface area contributed by atoms with Crippen molar-refractivity contribution in [2.24, 2.45) is 11.7 Å². The SMILES string of the molecule is COc1ccc(CC2CC(N)CN(c3cc(F)ccc3F)C2)cc1. The van der Waals surface area contributed by atoms with Crippen molar-refractivity contribution in [1.29, 1.82) is 0 Å². The number of methoxy groups -OCH3 is 1. The minimum Gasteiger partial charge on any atom is -0.497 e. The van der Waals surface area contributed by atoms with Crippen molar-refractivity contribution in [3.05, 3.63) is 59.7 Å². The first-order valence-electron chi connectivity index (χ1n) is 8.13. The largest absolute Gasteiger partial charge is 0.497 e. The highest BCUT2D eigenvalue weighted by atomic mass is 19.1. The number of rotatable bonds is 4. The predicted octanol–water partition coefficient (Wildman–Crippen LogP) is 3.37. The zero-order valence-electron chi connectivity index (χ0n) is 13.7. The number of nitrogens with two attached hydrogens (primary N) is 1. The topological polar surface area (TPSA) is 38.5 Å². The lowest BCUT2D eigenvalue weighted by Crippen LogP contribution is -2.48. The van der Waals surface area contributed by atoms with Crippen molar-refractivity contribution in [3.8, 4) is 5.75 Å². The molecule has 0 bridgehead atoms. The fourth-order valence-corrected chi connectivity index (χ4v) is 3.41. The van der Waals surface area contributed by atoms with Gasteiger partial charge in [0.05, 0.1) is 12.8 Å². The summed E-state index contributed by atoms with van der Waals surface area (Å²) in [5, 5.41) is 0. The molecule has 0 amide bonds. The first-order chi connectivity index (χ1) is 11.5. The maximum Gasteiger partial charge on any atom is 0.146 e. The van der Waals surface area contributed by atoms with Crippen LogP contribution in [0, 0.1) is 17.6 Å². The third-order valence-electron chi connectivity index (χ3n) is 4.50. The molecule has 2 unspecified atom stereocenters. The lowest BCUT2D eigenvalue weighted by Gasteiger charge is -2.38. The molecule has 128 valence electrons. The van der Waals surface area contributed by atoms with E-state index in [0.29, 0.717) is 24.7 Å². The fraction of sp³-hybridized carbons (Fsp3) is 0.368. The lowest BCUT2D eigenvalue weighted by atomic mass is 9.88. The van der Waals surface area contributed by atoms with Crippen LogP contribution in [0.2, 0.25) is 0 Å². The second-order valence-corrected chi connectivity index (χ2v) is 6.41. The van der Waals surface area contributed by atoms with E-state index in [2.05, 4.69) is 0 Å². The Hall–Kier alpha value is -2.14. The van der Waals surface area contributed by atoms with Gasteiger partial charge in [0, 0.05) is 25.2 Å². The summed E-state index contributed by atoms with van der Waals surface area (Å²) in [6, 6.07) is 11.4. The molecule has 1 saturated heterocycles. The smallest absolute Gasteiger partial charge is 0.146 e. The van der Waals surface area contributed by atoms with Gasteiger partial charge in [0.25, 0.3) is 0 Å². The van der Waals surface area contributed by atoms with Gasteiger partial charge in [-0.1, -0.05) is 12.1 Å². The van der Waals surface area contributed by atoms with E-state index in [1.807, 2.05) is 29.2 Å². The van der Waals surface area contributed by atoms with E-state index in [1.54, 1.807) is 7.11 Å². The van der Waals surface area contributed by atoms with Crippen molar-refractivity contribution in [3.63, 3.8) is 0 Å². The molecule has 0 radical (unpaired) electrons. The van der Waals surface area contributed by atoms with Crippen LogP contribution in [0.3, 0.4) is 0 Å². The first kappa shape index (κ1) is 16.7. The van der Waals surface area contributed by atoms with Gasteiger partial charge in [-0.15, -0.1) is 0 Å². The molecule has 1 aliphatic heterocycles. The average molecular weight is 332 g/mol. The summed E-state index contributed by atoms with van der Waals surface area (Å²) in [5.74, 6) is 0.276. The van der Waals surface area contributed by atoms with Gasteiger partial charge >= 0.3 is 0 Å². The first-order valence-corrected chi connectivity index (χ1v) is 8.13. The molecule has 2 aromatic carbocycles. The van der Waals surface area contributed by atoms with E-state index in [-0.39, 0.29) is 6.04 Å². The number of nitrogens with zero attached hydrogens (tertiary/aromatic N) is 1. The molecular formula is C19H22F2N2O. The van der Waals surface area contributed by atoms with Gasteiger partial charge in [0.2, 0.25) is 0 Å². The van der Waals surface area contributed by atoms with Crippen molar-refractivity contribution in [2.75, 3.05) is 25.1 Å². The van der Waals surface area contributed by atoms with Crippen LogP contribution >= 0.6 is 0 Å². The minimum absolute atomic E-state index is 0.0512. The molecule has 0 aliphatic carbocycles. The van der Waals surface area contributed by atoms with Gasteiger partial charge in [-0.2, -0.15) is 0 Å². The monoisotopic (exact) mass is 332 g/mol. The number of hydrogen-bond donors (Lipinski definition) is 1. The van der Waals surface area contributed by atoms with Gasteiger partial charge in [0.1, 0.15) is 17.4 Å². The maximum absolute atomic E-state index is 14.1. The van der Waals surface area contributed by atoms with E-state index < -0.39 is 11.6 Å². The summed E-state index contributed by atoms with van der Waals surface area (Å²) < 4.78 is 32.7. The summed E-state index contributed by atoms with van der Waals surface area (Å²) in [6.45, 7) is 1.21. The Bertz CT molecular complexity index is 690. The molecular weight excluding hydrogens is 310 g/mol. The summed E-state index contributed by atoms with van der Waals surface area (Å²) in [6.07, 6.45) is 1.73. The molecule has 1 heterocycles. The van der Waals surface area contributed by atoms with E-state index >= 15 is 0 Å². The molecule has 2 aromatic rings. The normalized spacial score (nSPS) is 20.9. The molecule has 1 aliphatic rings. The minimum atomic E-state index is -0.433. The second kappa shape index (κ2) is 7.18. The second-order valence-electron chi connectivity index (χ2n) is 6.41. The van der Waals surface area contributed by atoms with Gasteiger partial charge in [-0.3, -0.25) is 0 Å². The van der Waals surface area contributed by atoms with Crippen LogP contribution in [0.1, 0.15) is 12.0 Å². The Balaban J connectivity index is 1.74. The molecule has 24 heavy (non-hydrogen) atoms. The van der Waals surface area contributed by atoms with Crippen LogP contribution in [0.15, 0.2) is 42.5 Å². The molecule has 1 fully saturated rings. The van der Waals surface area contributed by atoms with Gasteiger partial charge in [0.15, 0.2) is 0 Å². The van der Waals surface area contributed by atoms with Crippen LogP contribution < -0.4 is 15.4 Å². The predicted molar refractivity (Wildman–Crippen MR) is 91.4 cm³/mol. The Morgan fingerprint density at radius 2 is 1.88 bits per heavy atom. The van der Waals surface area contributed by atoms with Gasteiger partial charge < -0.3 is 15.4 Å². The average Bonchev–Trinajstić information content (AvgIpc) is 2.57. The number of halogens is 2. The maximum atomic E-state index is 14.1. The van der Waals surface area contributed by atoms with Crippen LogP contribution in [0.4, 0.5) is 14.5 Å². The van der Waals surface area contributed by atoms with Crippen molar-refractivity contribution in [1.82, 2.24) is 0 Å². The highest BCUT2D eigenvalue weighted by molar-refractivity contribution is 5.49. The molecule has 2 N–H and O–H groups in total. The van der Waals surface area contributed by atoms with Crippen LogP contribution in [0.5, 0.6) is 5.75 Å². The molecule has 0 saturated carbocycles. The number of anilines is 1. The van der Waals surface area contributed by atoms with Crippen LogP contribution in [-0.2, 0) is 6.42 Å². The third-order valence-corrected chi connectivity index (χ3v) is 4.50. The van der Waals surface area contributed by atoms with Crippen LogP contribution in [-0.4, -0.2) is 26.2 Å². The summed E-state index contributed by atoms with van der Waals surface area (Å²) in [7, 11) is 1.64. The molecule has 2 atom stereocenters. The third kappa shape index (κ3) is 3.85. The molecule has 3 rings (SSSR count). The Morgan fingerprint density at radius 3 is 2.58 bits per heavy atom. The van der Waals surface area contributed by atoms with Crippen molar-refractivity contribution >= 4 is 5.69 Å². The lowest BCUT2D eigenvalue weighted by molar-refractivity contribution is 0.371. The van der Waals surface area contributed by atoms with Crippen LogP contribution in [0.25, 0.3) is 0 Å². The highest BCUT2D eigenvalue weighted by Gasteiger charge is 2.27. The van der Waals surface area contributed by atoms with Crippen molar-refractivity contribution in [2.45, 2.75) is 18.9 Å². The number of ether oxygens (including phenoxy) is 1. The summed E-state index contributed by atoms with van der Waals surface area (Å²) >= 11 is 0. The van der Waals surface area contributed by atoms with Gasteiger partial charge in [-0.25, -0.2) is 8.78 Å². The zero-order chi connectivity index (χ0) is 17.1. The van der Waals surface area contributed by atoms with E-state index in [9.17, 15) is 8.78 Å². The van der Waals surface area contributed by atoms with Crippen molar-refractivity contribution < 1.29 is 13.5 Å². The molecule has 0 aromatic heterocycles. The van der Waals surface area contributed by atoms with E-state index in [1.165, 1.54) is 17.7 Å². The standard InChI is InChI=1S/C19H22F2N2O/c1-24-17-5-2-13(3-6-17)8-14-9-16(22)12-23(11-14)19-10-15(20)4-7-18(19)21/h2-7,10,14,16H,8-9,11-12,22H2,1H3. The summed E-state index contributed by atoms with van der Waals surface area (Å²) in [5.41, 5.74) is 7.65. The number of hydrogen-bond acceptors (Lipinski definition) is 3. The Morgan fingerprint density at radius 1 is 1.12 bits per heavy atom. The highest BCUT2D eigenvalue weighted by Crippen LogP contribution is 2.28. The number of benzene rings is 2. The quantitative estimate of drug-likeness (QED) is 0.933. The molecule has 5 heteroatoms.